The molecule has 2 aromatic rings. The van der Waals surface area contributed by atoms with Crippen LogP contribution in [0.5, 0.6) is 0 Å². The summed E-state index contributed by atoms with van der Waals surface area (Å²) in [4.78, 5) is 11.2. The summed E-state index contributed by atoms with van der Waals surface area (Å²) in [7, 11) is 0. The molecule has 12 heavy (non-hydrogen) atoms. The fraction of sp³-hybridized carbons (Fsp3) is 0.167. The molecule has 0 unspecified atom stereocenters. The molecular formula is C6H5N3O2S. The standard InChI is InChI=1S/C6H5N3O2S/c1-3-2-12-6-8-7-4(5(10)11)9(3)6/h2H,1H3,(H,10,11). The third kappa shape index (κ3) is 0.814. The first-order valence-corrected chi connectivity index (χ1v) is 4.10. The minimum Gasteiger partial charge on any atom is -0.475 e. The Labute approximate surface area is 71.3 Å². The van der Waals surface area contributed by atoms with Gasteiger partial charge in [-0.2, -0.15) is 0 Å². The number of hydrogen-bond donors (Lipinski definition) is 1. The Morgan fingerprint density at radius 1 is 1.67 bits per heavy atom. The molecule has 0 saturated carbocycles. The van der Waals surface area contributed by atoms with Crippen LogP contribution in [-0.2, 0) is 0 Å². The molecule has 6 heteroatoms. The molecule has 0 bridgehead atoms. The van der Waals surface area contributed by atoms with E-state index in [1.54, 1.807) is 0 Å². The largest absolute Gasteiger partial charge is 0.475 e. The molecule has 0 atom stereocenters. The zero-order chi connectivity index (χ0) is 8.72. The number of rotatable bonds is 1. The molecule has 0 spiro atoms. The van der Waals surface area contributed by atoms with Crippen molar-refractivity contribution in [3.63, 3.8) is 0 Å². The van der Waals surface area contributed by atoms with Crippen LogP contribution < -0.4 is 0 Å². The zero-order valence-corrected chi connectivity index (χ0v) is 7.00. The lowest BCUT2D eigenvalue weighted by Gasteiger charge is -1.90. The van der Waals surface area contributed by atoms with E-state index in [2.05, 4.69) is 10.2 Å². The number of hydrogen-bond acceptors (Lipinski definition) is 4. The van der Waals surface area contributed by atoms with Crippen molar-refractivity contribution >= 4 is 22.3 Å². The lowest BCUT2D eigenvalue weighted by atomic mass is 10.5. The van der Waals surface area contributed by atoms with Crippen LogP contribution in [0.15, 0.2) is 5.38 Å². The first kappa shape index (κ1) is 7.23. The summed E-state index contributed by atoms with van der Waals surface area (Å²) in [5.41, 5.74) is 0.845. The summed E-state index contributed by atoms with van der Waals surface area (Å²) in [6.07, 6.45) is 0. The van der Waals surface area contributed by atoms with Gasteiger partial charge in [0.05, 0.1) is 0 Å². The lowest BCUT2D eigenvalue weighted by molar-refractivity contribution is 0.0682. The van der Waals surface area contributed by atoms with Crippen LogP contribution in [0.3, 0.4) is 0 Å². The maximum Gasteiger partial charge on any atom is 0.374 e. The third-order valence-electron chi connectivity index (χ3n) is 1.51. The van der Waals surface area contributed by atoms with E-state index in [0.29, 0.717) is 4.96 Å². The molecule has 0 aliphatic heterocycles. The highest BCUT2D eigenvalue weighted by atomic mass is 32.1. The predicted octanol–water partition coefficient (Wildman–Crippen LogP) is 0.797. The van der Waals surface area contributed by atoms with Crippen LogP contribution in [0.2, 0.25) is 0 Å². The first-order valence-electron chi connectivity index (χ1n) is 3.22. The van der Waals surface area contributed by atoms with Gasteiger partial charge in [0.1, 0.15) is 0 Å². The van der Waals surface area contributed by atoms with Crippen molar-refractivity contribution in [2.75, 3.05) is 0 Å². The van der Waals surface area contributed by atoms with Crippen molar-refractivity contribution in [2.45, 2.75) is 6.92 Å². The summed E-state index contributed by atoms with van der Waals surface area (Å²) in [5.74, 6) is -1.08. The van der Waals surface area contributed by atoms with Gasteiger partial charge in [-0.25, -0.2) is 4.79 Å². The lowest BCUT2D eigenvalue weighted by Crippen LogP contribution is -2.03. The topological polar surface area (TPSA) is 67.5 Å². The summed E-state index contributed by atoms with van der Waals surface area (Å²) >= 11 is 1.38. The molecule has 5 nitrogen and oxygen atoms in total. The molecule has 0 aromatic carbocycles. The third-order valence-corrected chi connectivity index (χ3v) is 2.45. The maximum atomic E-state index is 10.6. The summed E-state index contributed by atoms with van der Waals surface area (Å²) in [5, 5.41) is 17.8. The number of carbonyl (C=O) groups is 1. The van der Waals surface area contributed by atoms with Crippen molar-refractivity contribution in [2.24, 2.45) is 0 Å². The van der Waals surface area contributed by atoms with Gasteiger partial charge >= 0.3 is 5.97 Å². The molecule has 2 heterocycles. The van der Waals surface area contributed by atoms with E-state index < -0.39 is 5.97 Å². The molecular weight excluding hydrogens is 178 g/mol. The van der Waals surface area contributed by atoms with Crippen LogP contribution in [0, 0.1) is 6.92 Å². The highest BCUT2D eigenvalue weighted by Gasteiger charge is 2.14. The summed E-state index contributed by atoms with van der Waals surface area (Å²) in [6, 6.07) is 0. The number of carboxylic acid groups (broad SMARTS) is 1. The van der Waals surface area contributed by atoms with Gasteiger partial charge in [-0.05, 0) is 6.92 Å². The van der Waals surface area contributed by atoms with Crippen LogP contribution in [-0.4, -0.2) is 25.7 Å². The van der Waals surface area contributed by atoms with E-state index in [0.717, 1.165) is 5.69 Å². The SMILES string of the molecule is Cc1csc2nnc(C(=O)O)n12. The molecule has 0 saturated heterocycles. The van der Waals surface area contributed by atoms with E-state index >= 15 is 0 Å². The normalized spacial score (nSPS) is 10.8. The molecule has 0 amide bonds. The Morgan fingerprint density at radius 3 is 3.08 bits per heavy atom. The van der Waals surface area contributed by atoms with Crippen molar-refractivity contribution in [1.29, 1.82) is 0 Å². The number of fused-ring (bicyclic) bond motifs is 1. The second-order valence-corrected chi connectivity index (χ2v) is 3.16. The quantitative estimate of drug-likeness (QED) is 0.710. The van der Waals surface area contributed by atoms with Gasteiger partial charge in [0.15, 0.2) is 0 Å². The van der Waals surface area contributed by atoms with Gasteiger partial charge in [0.25, 0.3) is 0 Å². The fourth-order valence-corrected chi connectivity index (χ4v) is 1.80. The molecule has 62 valence electrons. The summed E-state index contributed by atoms with van der Waals surface area (Å²) in [6.45, 7) is 1.82. The Bertz CT molecular complexity index is 445. The van der Waals surface area contributed by atoms with E-state index in [4.69, 9.17) is 5.11 Å². The number of aryl methyl sites for hydroxylation is 1. The molecule has 1 N–H and O–H groups in total. The molecule has 2 rings (SSSR count). The predicted molar refractivity (Wildman–Crippen MR) is 42.6 cm³/mol. The van der Waals surface area contributed by atoms with Gasteiger partial charge in [0.2, 0.25) is 10.8 Å². The van der Waals surface area contributed by atoms with E-state index in [9.17, 15) is 4.79 Å². The van der Waals surface area contributed by atoms with Crippen LogP contribution in [0.1, 0.15) is 16.3 Å². The average molecular weight is 183 g/mol. The number of aromatic carboxylic acids is 1. The van der Waals surface area contributed by atoms with Crippen molar-refractivity contribution in [1.82, 2.24) is 14.6 Å². The van der Waals surface area contributed by atoms with E-state index in [-0.39, 0.29) is 5.82 Å². The molecule has 0 aliphatic rings. The highest BCUT2D eigenvalue weighted by Crippen LogP contribution is 2.14. The smallest absolute Gasteiger partial charge is 0.374 e. The number of nitrogens with zero attached hydrogens (tertiary/aromatic N) is 3. The number of aromatic nitrogens is 3. The summed E-state index contributed by atoms with van der Waals surface area (Å²) < 4.78 is 1.52. The van der Waals surface area contributed by atoms with Crippen LogP contribution in [0.25, 0.3) is 4.96 Å². The highest BCUT2D eigenvalue weighted by molar-refractivity contribution is 7.15. The van der Waals surface area contributed by atoms with Gasteiger partial charge in [-0.3, -0.25) is 4.40 Å². The second kappa shape index (κ2) is 2.28. The molecule has 0 radical (unpaired) electrons. The zero-order valence-electron chi connectivity index (χ0n) is 6.18. The fourth-order valence-electron chi connectivity index (χ4n) is 0.993. The Kier molecular flexibility index (Phi) is 1.37. The van der Waals surface area contributed by atoms with Crippen LogP contribution in [0.4, 0.5) is 0 Å². The molecule has 0 fully saturated rings. The van der Waals surface area contributed by atoms with Gasteiger partial charge in [-0.1, -0.05) is 0 Å². The van der Waals surface area contributed by atoms with Crippen molar-refractivity contribution in [3.05, 3.63) is 16.9 Å². The minimum atomic E-state index is -1.05. The Balaban J connectivity index is 2.83. The molecule has 2 aromatic heterocycles. The Morgan fingerprint density at radius 2 is 2.42 bits per heavy atom. The minimum absolute atomic E-state index is 0.0243. The molecule has 0 aliphatic carbocycles. The monoisotopic (exact) mass is 183 g/mol. The average Bonchev–Trinajstić information content (AvgIpc) is 2.53. The number of carboxylic acids is 1. The van der Waals surface area contributed by atoms with Crippen LogP contribution >= 0.6 is 11.3 Å². The van der Waals surface area contributed by atoms with Gasteiger partial charge < -0.3 is 5.11 Å². The van der Waals surface area contributed by atoms with Crippen molar-refractivity contribution in [3.8, 4) is 0 Å². The van der Waals surface area contributed by atoms with Gasteiger partial charge in [-0.15, -0.1) is 21.5 Å². The van der Waals surface area contributed by atoms with Gasteiger partial charge in [0, 0.05) is 11.1 Å². The van der Waals surface area contributed by atoms with E-state index in [1.165, 1.54) is 15.7 Å². The number of thiazole rings is 1. The second-order valence-electron chi connectivity index (χ2n) is 2.32. The Hall–Kier alpha value is -1.43. The maximum absolute atomic E-state index is 10.6. The first-order chi connectivity index (χ1) is 5.70. The van der Waals surface area contributed by atoms with E-state index in [1.807, 2.05) is 12.3 Å². The van der Waals surface area contributed by atoms with Crippen molar-refractivity contribution < 1.29 is 9.90 Å².